The first-order valence-electron chi connectivity index (χ1n) is 5.41. The van der Waals surface area contributed by atoms with E-state index in [0.29, 0.717) is 12.2 Å². The number of hydrogen-bond acceptors (Lipinski definition) is 4. The van der Waals surface area contributed by atoms with Crippen LogP contribution < -0.4 is 10.2 Å². The van der Waals surface area contributed by atoms with E-state index >= 15 is 0 Å². The molecule has 0 aliphatic rings. The second-order valence-electron chi connectivity index (χ2n) is 3.85. The molecular formula is C12H15AsN2O3. The molecule has 18 heavy (non-hydrogen) atoms. The van der Waals surface area contributed by atoms with Gasteiger partial charge in [0.25, 0.3) is 0 Å². The van der Waals surface area contributed by atoms with Gasteiger partial charge in [-0.15, -0.1) is 0 Å². The summed E-state index contributed by atoms with van der Waals surface area (Å²) in [5.74, 6) is 0.462. The number of aldehydes is 1. The van der Waals surface area contributed by atoms with Crippen LogP contribution in [-0.4, -0.2) is 48.3 Å². The summed E-state index contributed by atoms with van der Waals surface area (Å²) in [5, 5.41) is 1.50. The molecule has 0 spiro atoms. The van der Waals surface area contributed by atoms with Gasteiger partial charge in [0.1, 0.15) is 0 Å². The Hall–Kier alpha value is -1.32. The van der Waals surface area contributed by atoms with Gasteiger partial charge in [-0.3, -0.25) is 0 Å². The van der Waals surface area contributed by atoms with Crippen LogP contribution in [0.25, 0.3) is 0 Å². The summed E-state index contributed by atoms with van der Waals surface area (Å²) < 4.78 is 5.16. The molecule has 5 nitrogen and oxygen atoms in total. The van der Waals surface area contributed by atoms with Crippen LogP contribution in [0.2, 0.25) is 0 Å². The van der Waals surface area contributed by atoms with Crippen LogP contribution >= 0.6 is 0 Å². The summed E-state index contributed by atoms with van der Waals surface area (Å²) in [6, 6.07) is 7.17. The van der Waals surface area contributed by atoms with Crippen molar-refractivity contribution in [3.05, 3.63) is 29.8 Å². The third-order valence-electron chi connectivity index (χ3n) is 2.12. The van der Waals surface area contributed by atoms with Crippen molar-refractivity contribution in [1.29, 1.82) is 0 Å². The predicted octanol–water partition coefficient (Wildman–Crippen LogP) is 1.05. The van der Waals surface area contributed by atoms with Gasteiger partial charge in [-0.25, -0.2) is 0 Å². The third kappa shape index (κ3) is 4.51. The zero-order chi connectivity index (χ0) is 13.5. The number of hydrazine groups is 1. The molecule has 0 saturated heterocycles. The molecule has 0 aromatic heterocycles. The van der Waals surface area contributed by atoms with Crippen LogP contribution in [-0.2, 0) is 4.79 Å². The maximum absolute atomic E-state index is 11.5. The zero-order valence-corrected chi connectivity index (χ0v) is 12.2. The summed E-state index contributed by atoms with van der Waals surface area (Å²) in [7, 11) is 3.39. The zero-order valence-electron chi connectivity index (χ0n) is 10.3. The van der Waals surface area contributed by atoms with Crippen molar-refractivity contribution >= 4 is 29.2 Å². The summed E-state index contributed by atoms with van der Waals surface area (Å²) in [6.07, 6.45) is 0.660. The van der Waals surface area contributed by atoms with Gasteiger partial charge in [0.05, 0.1) is 0 Å². The van der Waals surface area contributed by atoms with E-state index in [1.54, 1.807) is 26.2 Å². The van der Waals surface area contributed by atoms with Gasteiger partial charge in [0, 0.05) is 0 Å². The molecule has 0 aliphatic carbocycles. The van der Waals surface area contributed by atoms with Gasteiger partial charge in [-0.1, -0.05) is 0 Å². The van der Waals surface area contributed by atoms with E-state index in [0.717, 1.165) is 11.8 Å². The number of carbonyl (C=O) groups is 2. The molecular weight excluding hydrogens is 295 g/mol. The van der Waals surface area contributed by atoms with Gasteiger partial charge >= 0.3 is 115 Å². The summed E-state index contributed by atoms with van der Waals surface area (Å²) in [5.41, 5.74) is 3.30. The first-order valence-corrected chi connectivity index (χ1v) is 6.49. The van der Waals surface area contributed by atoms with E-state index in [-0.39, 0.29) is 4.71 Å². The number of rotatable bonds is 5. The molecule has 96 valence electrons. The SMILES string of the molecule is CN(C)NC(=O)Oc1ccccc1C([As])CC=O. The van der Waals surface area contributed by atoms with Gasteiger partial charge in [-0.05, 0) is 0 Å². The van der Waals surface area contributed by atoms with Crippen LogP contribution in [0.15, 0.2) is 24.3 Å². The van der Waals surface area contributed by atoms with Crippen LogP contribution in [0.4, 0.5) is 4.79 Å². The van der Waals surface area contributed by atoms with E-state index < -0.39 is 6.09 Å². The van der Waals surface area contributed by atoms with Crippen molar-refractivity contribution in [1.82, 2.24) is 10.4 Å². The fourth-order valence-electron chi connectivity index (χ4n) is 1.37. The molecule has 1 atom stereocenters. The molecule has 0 saturated carbocycles. The molecule has 1 amide bonds. The molecule has 1 aromatic rings. The molecule has 1 unspecified atom stereocenters. The molecule has 1 aromatic carbocycles. The van der Waals surface area contributed by atoms with Crippen LogP contribution in [0.5, 0.6) is 5.75 Å². The Morgan fingerprint density at radius 2 is 2.17 bits per heavy atom. The van der Waals surface area contributed by atoms with Crippen LogP contribution in [0.3, 0.4) is 0 Å². The second-order valence-corrected chi connectivity index (χ2v) is 5.16. The van der Waals surface area contributed by atoms with Crippen molar-refractivity contribution in [3.63, 3.8) is 0 Å². The summed E-state index contributed by atoms with van der Waals surface area (Å²) in [4.78, 5) is 22.0. The van der Waals surface area contributed by atoms with E-state index in [2.05, 4.69) is 22.3 Å². The maximum atomic E-state index is 11.5. The number of ether oxygens (including phenoxy) is 1. The number of amides is 1. The summed E-state index contributed by atoms with van der Waals surface area (Å²) >= 11 is 2.41. The van der Waals surface area contributed by atoms with Crippen molar-refractivity contribution in [3.8, 4) is 5.75 Å². The first-order chi connectivity index (χ1) is 8.54. The Balaban J connectivity index is 2.82. The number of hydrogen-bond donors (Lipinski definition) is 1. The van der Waals surface area contributed by atoms with Gasteiger partial charge in [-0.2, -0.15) is 0 Å². The van der Waals surface area contributed by atoms with Crippen LogP contribution in [0, 0.1) is 0 Å². The van der Waals surface area contributed by atoms with Crippen molar-refractivity contribution < 1.29 is 14.3 Å². The molecule has 0 heterocycles. The second kappa shape index (κ2) is 7.19. The first kappa shape index (κ1) is 14.7. The topological polar surface area (TPSA) is 58.6 Å². The molecule has 0 fully saturated rings. The number of nitrogens with zero attached hydrogens (tertiary/aromatic N) is 1. The van der Waals surface area contributed by atoms with E-state index in [9.17, 15) is 9.59 Å². The third-order valence-corrected chi connectivity index (χ3v) is 3.14. The number of para-hydroxylation sites is 1. The van der Waals surface area contributed by atoms with Gasteiger partial charge in [0.15, 0.2) is 0 Å². The molecule has 0 bridgehead atoms. The Morgan fingerprint density at radius 1 is 1.50 bits per heavy atom. The van der Waals surface area contributed by atoms with Crippen molar-refractivity contribution in [2.45, 2.75) is 11.1 Å². The standard InChI is InChI=1S/C12H15AsN2O3/c1-15(2)14-12(17)18-11-6-4-3-5-9(11)10(13)7-8-16/h3-6,8,10H,7H2,1-2H3,(H,14,17). The number of nitrogens with one attached hydrogen (secondary N) is 1. The number of benzene rings is 1. The average molecular weight is 310 g/mol. The van der Waals surface area contributed by atoms with Gasteiger partial charge in [0.2, 0.25) is 0 Å². The Labute approximate surface area is 115 Å². The van der Waals surface area contributed by atoms with E-state index in [4.69, 9.17) is 4.74 Å². The molecule has 2 radical (unpaired) electrons. The molecule has 1 rings (SSSR count). The predicted molar refractivity (Wildman–Crippen MR) is 68.5 cm³/mol. The van der Waals surface area contributed by atoms with Crippen molar-refractivity contribution in [2.24, 2.45) is 0 Å². The minimum absolute atomic E-state index is 0.0432. The molecule has 0 aliphatic heterocycles. The minimum atomic E-state index is -0.557. The van der Waals surface area contributed by atoms with Crippen molar-refractivity contribution in [2.75, 3.05) is 14.1 Å². The Bertz CT molecular complexity index is 424. The van der Waals surface area contributed by atoms with E-state index in [1.165, 1.54) is 5.01 Å². The molecule has 6 heteroatoms. The fourth-order valence-corrected chi connectivity index (χ4v) is 2.00. The number of carbonyl (C=O) groups excluding carboxylic acids is 2. The quantitative estimate of drug-likeness (QED) is 0.502. The van der Waals surface area contributed by atoms with E-state index in [1.807, 2.05) is 12.1 Å². The normalized spacial score (nSPS) is 12.0. The Morgan fingerprint density at radius 3 is 2.78 bits per heavy atom. The Kier molecular flexibility index (Phi) is 5.89. The van der Waals surface area contributed by atoms with Crippen LogP contribution in [0.1, 0.15) is 16.7 Å². The monoisotopic (exact) mass is 310 g/mol. The van der Waals surface area contributed by atoms with Gasteiger partial charge < -0.3 is 0 Å². The fraction of sp³-hybridized carbons (Fsp3) is 0.333. The molecule has 1 N–H and O–H groups in total. The summed E-state index contributed by atoms with van der Waals surface area (Å²) in [6.45, 7) is 0. The average Bonchev–Trinajstić information content (AvgIpc) is 2.28.